The van der Waals surface area contributed by atoms with Crippen molar-refractivity contribution < 1.29 is 4.79 Å². The van der Waals surface area contributed by atoms with E-state index in [-0.39, 0.29) is 21.0 Å². The Morgan fingerprint density at radius 2 is 1.95 bits per heavy atom. The number of nitrogens with zero attached hydrogens (tertiary/aromatic N) is 3. The summed E-state index contributed by atoms with van der Waals surface area (Å²) >= 11 is 17.5. The molecular formula is C13H12Cl3N5O. The van der Waals surface area contributed by atoms with Gasteiger partial charge in [0.2, 0.25) is 0 Å². The first-order chi connectivity index (χ1) is 10.3. The summed E-state index contributed by atoms with van der Waals surface area (Å²) in [6, 6.07) is 5.56. The SMILES string of the molecule is Cc1cc(Cn2nnc(C(N)=O)c2N)cc(C(Cl)=C(Cl)Cl)c1. The van der Waals surface area contributed by atoms with Crippen molar-refractivity contribution in [2.45, 2.75) is 13.5 Å². The van der Waals surface area contributed by atoms with Crippen LogP contribution >= 0.6 is 34.8 Å². The molecule has 0 aliphatic heterocycles. The molecular weight excluding hydrogens is 349 g/mol. The second-order valence-corrected chi connectivity index (χ2v) is 5.95. The molecule has 0 unspecified atom stereocenters. The number of carbonyl (C=O) groups is 1. The Balaban J connectivity index is 2.39. The maximum Gasteiger partial charge on any atom is 0.273 e. The minimum absolute atomic E-state index is 0.0190. The van der Waals surface area contributed by atoms with E-state index in [0.717, 1.165) is 11.1 Å². The Labute approximate surface area is 141 Å². The molecule has 0 spiro atoms. The Morgan fingerprint density at radius 1 is 1.27 bits per heavy atom. The maximum atomic E-state index is 11.1. The number of hydrogen-bond acceptors (Lipinski definition) is 4. The van der Waals surface area contributed by atoms with Gasteiger partial charge in [-0.1, -0.05) is 57.7 Å². The van der Waals surface area contributed by atoms with Gasteiger partial charge in [0.15, 0.2) is 11.5 Å². The molecule has 116 valence electrons. The van der Waals surface area contributed by atoms with E-state index < -0.39 is 5.91 Å². The number of aromatic nitrogens is 3. The van der Waals surface area contributed by atoms with Crippen LogP contribution in [0.4, 0.5) is 5.82 Å². The Hall–Kier alpha value is -1.76. The van der Waals surface area contributed by atoms with Crippen LogP contribution in [0.2, 0.25) is 0 Å². The summed E-state index contributed by atoms with van der Waals surface area (Å²) in [5, 5.41) is 7.72. The van der Waals surface area contributed by atoms with Crippen LogP contribution in [0.5, 0.6) is 0 Å². The summed E-state index contributed by atoms with van der Waals surface area (Å²) in [4.78, 5) is 11.1. The monoisotopic (exact) mass is 359 g/mol. The van der Waals surface area contributed by atoms with E-state index in [2.05, 4.69) is 10.3 Å². The van der Waals surface area contributed by atoms with Crippen LogP contribution in [0.1, 0.15) is 27.2 Å². The number of carbonyl (C=O) groups excluding carboxylic acids is 1. The number of hydrogen-bond donors (Lipinski definition) is 2. The first-order valence-corrected chi connectivity index (χ1v) is 7.23. The fourth-order valence-electron chi connectivity index (χ4n) is 1.98. The highest BCUT2D eigenvalue weighted by Crippen LogP contribution is 2.29. The Morgan fingerprint density at radius 3 is 2.50 bits per heavy atom. The molecule has 0 radical (unpaired) electrons. The quantitative estimate of drug-likeness (QED) is 0.875. The number of primary amides is 1. The van der Waals surface area contributed by atoms with Crippen molar-refractivity contribution in [3.05, 3.63) is 45.1 Å². The second kappa shape index (κ2) is 6.56. The van der Waals surface area contributed by atoms with Crippen LogP contribution < -0.4 is 11.5 Å². The van der Waals surface area contributed by atoms with Crippen molar-refractivity contribution in [3.8, 4) is 0 Å². The van der Waals surface area contributed by atoms with Crippen LogP contribution in [-0.2, 0) is 6.54 Å². The summed E-state index contributed by atoms with van der Waals surface area (Å²) in [6.07, 6.45) is 0. The molecule has 1 aromatic carbocycles. The van der Waals surface area contributed by atoms with E-state index >= 15 is 0 Å². The van der Waals surface area contributed by atoms with Gasteiger partial charge in [-0.05, 0) is 24.1 Å². The molecule has 1 aromatic heterocycles. The van der Waals surface area contributed by atoms with E-state index in [9.17, 15) is 4.79 Å². The van der Waals surface area contributed by atoms with Gasteiger partial charge in [-0.3, -0.25) is 4.79 Å². The van der Waals surface area contributed by atoms with Crippen LogP contribution in [0, 0.1) is 6.92 Å². The molecule has 0 aliphatic carbocycles. The summed E-state index contributed by atoms with van der Waals surface area (Å²) in [5.41, 5.74) is 13.4. The standard InChI is InChI=1S/C13H12Cl3N5O/c1-6-2-7(4-8(3-6)9(14)11(15)16)5-21-12(17)10(13(18)22)19-20-21/h2-4H,5,17H2,1H3,(H2,18,22). The molecule has 0 atom stereocenters. The maximum absolute atomic E-state index is 11.1. The number of halogens is 3. The lowest BCUT2D eigenvalue weighted by atomic mass is 10.1. The molecule has 1 heterocycles. The molecule has 9 heteroatoms. The lowest BCUT2D eigenvalue weighted by Gasteiger charge is -2.08. The average Bonchev–Trinajstić information content (AvgIpc) is 2.78. The number of nitrogen functional groups attached to an aromatic ring is 1. The lowest BCUT2D eigenvalue weighted by Crippen LogP contribution is -2.15. The molecule has 0 fully saturated rings. The van der Waals surface area contributed by atoms with Gasteiger partial charge >= 0.3 is 0 Å². The van der Waals surface area contributed by atoms with Crippen LogP contribution in [0.25, 0.3) is 5.03 Å². The zero-order valence-corrected chi connectivity index (χ0v) is 13.7. The number of anilines is 1. The summed E-state index contributed by atoms with van der Waals surface area (Å²) in [6.45, 7) is 2.20. The number of rotatable bonds is 4. The smallest absolute Gasteiger partial charge is 0.273 e. The topological polar surface area (TPSA) is 99.8 Å². The zero-order chi connectivity index (χ0) is 16.4. The van der Waals surface area contributed by atoms with E-state index in [0.29, 0.717) is 12.1 Å². The van der Waals surface area contributed by atoms with Gasteiger partial charge in [-0.2, -0.15) is 0 Å². The third-order valence-corrected chi connectivity index (χ3v) is 3.87. The van der Waals surface area contributed by atoms with Gasteiger partial charge in [0.25, 0.3) is 5.91 Å². The van der Waals surface area contributed by atoms with E-state index in [1.165, 1.54) is 4.68 Å². The van der Waals surface area contributed by atoms with Crippen molar-refractivity contribution in [2.24, 2.45) is 5.73 Å². The molecule has 0 saturated carbocycles. The molecule has 0 aliphatic rings. The van der Waals surface area contributed by atoms with E-state index in [1.54, 1.807) is 6.07 Å². The minimum atomic E-state index is -0.728. The van der Waals surface area contributed by atoms with Crippen molar-refractivity contribution in [2.75, 3.05) is 5.73 Å². The van der Waals surface area contributed by atoms with Crippen LogP contribution in [0.3, 0.4) is 0 Å². The number of aryl methyl sites for hydroxylation is 1. The molecule has 0 bridgehead atoms. The van der Waals surface area contributed by atoms with Gasteiger partial charge in [0, 0.05) is 0 Å². The Bertz CT molecular complexity index is 765. The van der Waals surface area contributed by atoms with Crippen molar-refractivity contribution in [1.29, 1.82) is 0 Å². The largest absolute Gasteiger partial charge is 0.382 e. The zero-order valence-electron chi connectivity index (χ0n) is 11.5. The predicted octanol–water partition coefficient (Wildman–Crippen LogP) is 2.66. The third-order valence-electron chi connectivity index (χ3n) is 2.90. The van der Waals surface area contributed by atoms with Gasteiger partial charge in [0.05, 0.1) is 11.6 Å². The molecule has 2 rings (SSSR count). The first kappa shape index (κ1) is 16.6. The first-order valence-electron chi connectivity index (χ1n) is 6.10. The molecule has 0 saturated heterocycles. The number of amides is 1. The number of benzene rings is 1. The molecule has 2 aromatic rings. The van der Waals surface area contributed by atoms with E-state index in [1.807, 2.05) is 19.1 Å². The van der Waals surface area contributed by atoms with Crippen molar-refractivity contribution in [3.63, 3.8) is 0 Å². The van der Waals surface area contributed by atoms with Crippen molar-refractivity contribution in [1.82, 2.24) is 15.0 Å². The third kappa shape index (κ3) is 3.52. The van der Waals surface area contributed by atoms with Gasteiger partial charge in [0.1, 0.15) is 4.49 Å². The fourth-order valence-corrected chi connectivity index (χ4v) is 2.30. The highest BCUT2D eigenvalue weighted by molar-refractivity contribution is 6.66. The molecule has 6 nitrogen and oxygen atoms in total. The normalized spacial score (nSPS) is 10.5. The van der Waals surface area contributed by atoms with Crippen molar-refractivity contribution >= 4 is 51.6 Å². The highest BCUT2D eigenvalue weighted by atomic mass is 35.5. The fraction of sp³-hybridized carbons (Fsp3) is 0.154. The predicted molar refractivity (Wildman–Crippen MR) is 87.7 cm³/mol. The van der Waals surface area contributed by atoms with Gasteiger partial charge in [-0.15, -0.1) is 5.10 Å². The minimum Gasteiger partial charge on any atom is -0.382 e. The highest BCUT2D eigenvalue weighted by Gasteiger charge is 2.15. The Kier molecular flexibility index (Phi) is 4.95. The summed E-state index contributed by atoms with van der Waals surface area (Å²) in [7, 11) is 0. The molecule has 4 N–H and O–H groups in total. The molecule has 22 heavy (non-hydrogen) atoms. The summed E-state index contributed by atoms with van der Waals surface area (Å²) in [5.74, 6) is -0.624. The number of nitrogens with two attached hydrogens (primary N) is 2. The lowest BCUT2D eigenvalue weighted by molar-refractivity contribution is 0.0996. The van der Waals surface area contributed by atoms with Crippen LogP contribution in [-0.4, -0.2) is 20.9 Å². The van der Waals surface area contributed by atoms with Gasteiger partial charge < -0.3 is 11.5 Å². The average molecular weight is 361 g/mol. The van der Waals surface area contributed by atoms with Gasteiger partial charge in [-0.25, -0.2) is 4.68 Å². The second-order valence-electron chi connectivity index (χ2n) is 4.63. The van der Waals surface area contributed by atoms with Crippen LogP contribution in [0.15, 0.2) is 22.7 Å². The van der Waals surface area contributed by atoms with E-state index in [4.69, 9.17) is 46.3 Å². The molecule has 1 amide bonds. The summed E-state index contributed by atoms with van der Waals surface area (Å²) < 4.78 is 1.35.